The SMILES string of the molecule is O=Cc1ccc(-c2c(F)cc(Br)c(F)c2Br)o1. The molecule has 0 spiro atoms. The number of carbonyl (C=O) groups is 1. The van der Waals surface area contributed by atoms with Gasteiger partial charge in [0, 0.05) is 0 Å². The van der Waals surface area contributed by atoms with E-state index in [9.17, 15) is 13.6 Å². The smallest absolute Gasteiger partial charge is 0.185 e. The Kier molecular flexibility index (Phi) is 3.44. The number of hydrogen-bond donors (Lipinski definition) is 0. The highest BCUT2D eigenvalue weighted by atomic mass is 79.9. The number of rotatable bonds is 2. The maximum atomic E-state index is 13.7. The summed E-state index contributed by atoms with van der Waals surface area (Å²) in [4.78, 5) is 10.5. The van der Waals surface area contributed by atoms with Crippen molar-refractivity contribution in [2.75, 3.05) is 0 Å². The summed E-state index contributed by atoms with van der Waals surface area (Å²) >= 11 is 5.85. The first-order valence-corrected chi connectivity index (χ1v) is 6.01. The molecule has 0 atom stereocenters. The molecule has 1 heterocycles. The number of carbonyl (C=O) groups excluding carboxylic acids is 1. The summed E-state index contributed by atoms with van der Waals surface area (Å²) in [5.74, 6) is -1.15. The molecular formula is C11H4Br2F2O2. The van der Waals surface area contributed by atoms with Crippen LogP contribution in [0.4, 0.5) is 8.78 Å². The zero-order chi connectivity index (χ0) is 12.6. The van der Waals surface area contributed by atoms with E-state index in [1.807, 2.05) is 0 Å². The second-order valence-electron chi connectivity index (χ2n) is 3.16. The van der Waals surface area contributed by atoms with Crippen LogP contribution in [-0.4, -0.2) is 6.29 Å². The second kappa shape index (κ2) is 4.70. The van der Waals surface area contributed by atoms with Crippen LogP contribution in [0.1, 0.15) is 10.6 Å². The molecule has 2 aromatic rings. The molecule has 0 N–H and O–H groups in total. The normalized spacial score (nSPS) is 10.6. The van der Waals surface area contributed by atoms with Gasteiger partial charge < -0.3 is 4.42 Å². The largest absolute Gasteiger partial charge is 0.453 e. The molecule has 0 saturated carbocycles. The van der Waals surface area contributed by atoms with Gasteiger partial charge >= 0.3 is 0 Å². The summed E-state index contributed by atoms with van der Waals surface area (Å²) in [5, 5.41) is 0. The molecule has 0 unspecified atom stereocenters. The van der Waals surface area contributed by atoms with Crippen molar-refractivity contribution >= 4 is 38.1 Å². The van der Waals surface area contributed by atoms with Gasteiger partial charge in [-0.3, -0.25) is 4.79 Å². The lowest BCUT2D eigenvalue weighted by Gasteiger charge is -2.05. The van der Waals surface area contributed by atoms with E-state index in [1.165, 1.54) is 12.1 Å². The van der Waals surface area contributed by atoms with Crippen molar-refractivity contribution in [1.29, 1.82) is 0 Å². The Morgan fingerprint density at radius 2 is 1.94 bits per heavy atom. The monoisotopic (exact) mass is 364 g/mol. The van der Waals surface area contributed by atoms with Crippen molar-refractivity contribution < 1.29 is 18.0 Å². The van der Waals surface area contributed by atoms with Crippen LogP contribution in [0.15, 0.2) is 31.6 Å². The molecule has 0 fully saturated rings. The highest BCUT2D eigenvalue weighted by Crippen LogP contribution is 2.37. The van der Waals surface area contributed by atoms with Crippen molar-refractivity contribution in [1.82, 2.24) is 0 Å². The molecule has 1 aromatic carbocycles. The molecule has 0 saturated heterocycles. The van der Waals surface area contributed by atoms with Gasteiger partial charge in [0.05, 0.1) is 14.5 Å². The molecule has 17 heavy (non-hydrogen) atoms. The van der Waals surface area contributed by atoms with Gasteiger partial charge in [-0.05, 0) is 50.1 Å². The lowest BCUT2D eigenvalue weighted by Crippen LogP contribution is -1.90. The highest BCUT2D eigenvalue weighted by molar-refractivity contribution is 9.11. The van der Waals surface area contributed by atoms with Gasteiger partial charge in [0.2, 0.25) is 0 Å². The van der Waals surface area contributed by atoms with E-state index in [2.05, 4.69) is 31.9 Å². The molecule has 88 valence electrons. The minimum absolute atomic E-state index is 0.00721. The maximum Gasteiger partial charge on any atom is 0.185 e. The molecule has 0 bridgehead atoms. The number of halogens is 4. The topological polar surface area (TPSA) is 30.2 Å². The third kappa shape index (κ3) is 2.19. The lowest BCUT2D eigenvalue weighted by atomic mass is 10.1. The molecule has 2 rings (SSSR count). The van der Waals surface area contributed by atoms with Crippen LogP contribution in [0.3, 0.4) is 0 Å². The third-order valence-electron chi connectivity index (χ3n) is 2.10. The molecule has 2 nitrogen and oxygen atoms in total. The fourth-order valence-electron chi connectivity index (χ4n) is 1.34. The summed E-state index contributed by atoms with van der Waals surface area (Å²) in [6.45, 7) is 0. The van der Waals surface area contributed by atoms with E-state index in [0.717, 1.165) is 6.07 Å². The van der Waals surface area contributed by atoms with Crippen LogP contribution in [0.25, 0.3) is 11.3 Å². The quantitative estimate of drug-likeness (QED) is 0.443. The van der Waals surface area contributed by atoms with Gasteiger partial charge in [0.1, 0.15) is 11.6 Å². The van der Waals surface area contributed by atoms with E-state index in [1.54, 1.807) is 0 Å². The molecule has 6 heteroatoms. The van der Waals surface area contributed by atoms with Crippen LogP contribution in [-0.2, 0) is 0 Å². The Bertz CT molecular complexity index is 593. The van der Waals surface area contributed by atoms with Crippen LogP contribution < -0.4 is 0 Å². The average Bonchev–Trinajstić information content (AvgIpc) is 2.74. The first-order valence-electron chi connectivity index (χ1n) is 4.43. The summed E-state index contributed by atoms with van der Waals surface area (Å²) in [6, 6.07) is 3.78. The Morgan fingerprint density at radius 3 is 2.53 bits per heavy atom. The number of aldehydes is 1. The van der Waals surface area contributed by atoms with E-state index in [0.29, 0.717) is 6.29 Å². The molecule has 0 aliphatic rings. The fraction of sp³-hybridized carbons (Fsp3) is 0. The van der Waals surface area contributed by atoms with Crippen molar-refractivity contribution in [3.63, 3.8) is 0 Å². The van der Waals surface area contributed by atoms with Gasteiger partial charge in [-0.25, -0.2) is 8.78 Å². The Morgan fingerprint density at radius 1 is 1.24 bits per heavy atom. The predicted molar refractivity (Wildman–Crippen MR) is 64.8 cm³/mol. The molecule has 0 aliphatic heterocycles. The molecule has 0 radical (unpaired) electrons. The summed E-state index contributed by atoms with van der Waals surface area (Å²) < 4.78 is 32.3. The zero-order valence-corrected chi connectivity index (χ0v) is 11.3. The van der Waals surface area contributed by atoms with Gasteiger partial charge in [-0.15, -0.1) is 0 Å². The molecular weight excluding hydrogens is 362 g/mol. The lowest BCUT2D eigenvalue weighted by molar-refractivity contribution is 0.110. The van der Waals surface area contributed by atoms with Crippen molar-refractivity contribution in [3.8, 4) is 11.3 Å². The Labute approximate surface area is 112 Å². The van der Waals surface area contributed by atoms with Gasteiger partial charge in [-0.2, -0.15) is 0 Å². The summed E-state index contributed by atoms with van der Waals surface area (Å²) in [6.07, 6.45) is 0.491. The van der Waals surface area contributed by atoms with E-state index in [-0.39, 0.29) is 26.0 Å². The van der Waals surface area contributed by atoms with Crippen molar-refractivity contribution in [2.45, 2.75) is 0 Å². The summed E-state index contributed by atoms with van der Waals surface area (Å²) in [5.41, 5.74) is -0.0567. The average molecular weight is 366 g/mol. The Balaban J connectivity index is 2.66. The first kappa shape index (κ1) is 12.4. The number of benzene rings is 1. The maximum absolute atomic E-state index is 13.7. The van der Waals surface area contributed by atoms with Gasteiger partial charge in [0.25, 0.3) is 0 Å². The van der Waals surface area contributed by atoms with Crippen LogP contribution >= 0.6 is 31.9 Å². The van der Waals surface area contributed by atoms with Gasteiger partial charge in [0.15, 0.2) is 17.9 Å². The fourth-order valence-corrected chi connectivity index (χ4v) is 2.61. The minimum Gasteiger partial charge on any atom is -0.453 e. The van der Waals surface area contributed by atoms with Crippen molar-refractivity contribution in [2.24, 2.45) is 0 Å². The summed E-state index contributed by atoms with van der Waals surface area (Å²) in [7, 11) is 0. The third-order valence-corrected chi connectivity index (χ3v) is 3.43. The molecule has 0 amide bonds. The van der Waals surface area contributed by atoms with E-state index in [4.69, 9.17) is 4.42 Å². The van der Waals surface area contributed by atoms with E-state index < -0.39 is 11.6 Å². The second-order valence-corrected chi connectivity index (χ2v) is 4.81. The number of hydrogen-bond acceptors (Lipinski definition) is 2. The minimum atomic E-state index is -0.656. The standard InChI is InChI=1S/C11H4Br2F2O2/c12-6-3-7(14)9(10(13)11(6)15)8-2-1-5(4-16)17-8/h1-4H. The van der Waals surface area contributed by atoms with Crippen LogP contribution in [0.2, 0.25) is 0 Å². The van der Waals surface area contributed by atoms with Crippen LogP contribution in [0.5, 0.6) is 0 Å². The molecule has 0 aliphatic carbocycles. The molecule has 1 aromatic heterocycles. The number of furan rings is 1. The van der Waals surface area contributed by atoms with E-state index >= 15 is 0 Å². The Hall–Kier alpha value is -1.01. The van der Waals surface area contributed by atoms with Crippen LogP contribution in [0, 0.1) is 11.6 Å². The predicted octanol–water partition coefficient (Wildman–Crippen LogP) is 4.56. The van der Waals surface area contributed by atoms with Crippen molar-refractivity contribution in [3.05, 3.63) is 44.5 Å². The zero-order valence-electron chi connectivity index (χ0n) is 8.14. The van der Waals surface area contributed by atoms with Gasteiger partial charge in [-0.1, -0.05) is 0 Å². The first-order chi connectivity index (χ1) is 8.04. The highest BCUT2D eigenvalue weighted by Gasteiger charge is 2.19.